The maximum Gasteiger partial charge on any atom is 0.227 e. The molecule has 0 saturated carbocycles. The fraction of sp³-hybridized carbons (Fsp3) is 0.588. The number of benzene rings is 1. The van der Waals surface area contributed by atoms with Crippen LogP contribution in [-0.4, -0.2) is 43.5 Å². The minimum absolute atomic E-state index is 0.0463. The van der Waals surface area contributed by atoms with E-state index >= 15 is 0 Å². The highest BCUT2D eigenvalue weighted by Gasteiger charge is 2.28. The summed E-state index contributed by atoms with van der Waals surface area (Å²) in [6.07, 6.45) is 0. The molecule has 0 spiro atoms. The van der Waals surface area contributed by atoms with Crippen LogP contribution in [0.3, 0.4) is 0 Å². The van der Waals surface area contributed by atoms with Crippen molar-refractivity contribution in [3.05, 3.63) is 29.8 Å². The molecule has 1 fully saturated rings. The highest BCUT2D eigenvalue weighted by atomic mass is 16.2. The van der Waals surface area contributed by atoms with Gasteiger partial charge in [0, 0.05) is 38.4 Å². The Balaban J connectivity index is 1.97. The molecule has 1 amide bonds. The van der Waals surface area contributed by atoms with Gasteiger partial charge in [-0.3, -0.25) is 4.79 Å². The summed E-state index contributed by atoms with van der Waals surface area (Å²) in [5.41, 5.74) is 8.33. The molecule has 116 valence electrons. The van der Waals surface area contributed by atoms with E-state index in [1.807, 2.05) is 4.90 Å². The molecule has 1 aromatic carbocycles. The number of hydrogen-bond donors (Lipinski definition) is 1. The van der Waals surface area contributed by atoms with Gasteiger partial charge in [0.25, 0.3) is 0 Å². The number of para-hydroxylation sites is 1. The lowest BCUT2D eigenvalue weighted by molar-refractivity contribution is -0.136. The smallest absolute Gasteiger partial charge is 0.227 e. The number of carbonyl (C=O) groups is 1. The highest BCUT2D eigenvalue weighted by Crippen LogP contribution is 2.22. The van der Waals surface area contributed by atoms with Crippen LogP contribution >= 0.6 is 0 Å². The van der Waals surface area contributed by atoms with Gasteiger partial charge in [-0.2, -0.15) is 0 Å². The van der Waals surface area contributed by atoms with Crippen LogP contribution in [0.1, 0.15) is 19.4 Å². The Labute approximate surface area is 127 Å². The summed E-state index contributed by atoms with van der Waals surface area (Å²) in [7, 11) is 0. The van der Waals surface area contributed by atoms with Crippen molar-refractivity contribution in [1.82, 2.24) is 4.90 Å². The van der Waals surface area contributed by atoms with E-state index in [4.69, 9.17) is 5.73 Å². The molecular formula is C17H27N3O. The molecule has 21 heavy (non-hydrogen) atoms. The predicted molar refractivity (Wildman–Crippen MR) is 87.4 cm³/mol. The molecule has 1 aromatic rings. The van der Waals surface area contributed by atoms with Crippen LogP contribution in [0.5, 0.6) is 0 Å². The lowest BCUT2D eigenvalue weighted by Gasteiger charge is -2.38. The maximum absolute atomic E-state index is 12.5. The van der Waals surface area contributed by atoms with Crippen LogP contribution in [0, 0.1) is 18.8 Å². The number of anilines is 1. The molecule has 4 nitrogen and oxygen atoms in total. The lowest BCUT2D eigenvalue weighted by atomic mass is 9.94. The van der Waals surface area contributed by atoms with Gasteiger partial charge in [0.2, 0.25) is 5.91 Å². The molecule has 0 radical (unpaired) electrons. The molecule has 0 bridgehead atoms. The fourth-order valence-corrected chi connectivity index (χ4v) is 2.98. The third-order valence-corrected chi connectivity index (χ3v) is 4.42. The van der Waals surface area contributed by atoms with Crippen molar-refractivity contribution in [2.45, 2.75) is 20.8 Å². The predicted octanol–water partition coefficient (Wildman–Crippen LogP) is 1.87. The summed E-state index contributed by atoms with van der Waals surface area (Å²) < 4.78 is 0. The molecule has 1 aliphatic heterocycles. The van der Waals surface area contributed by atoms with Crippen LogP contribution in [0.4, 0.5) is 5.69 Å². The van der Waals surface area contributed by atoms with Crippen LogP contribution in [0.2, 0.25) is 0 Å². The van der Waals surface area contributed by atoms with Crippen molar-refractivity contribution in [1.29, 1.82) is 0 Å². The zero-order chi connectivity index (χ0) is 15.4. The minimum atomic E-state index is -0.0463. The maximum atomic E-state index is 12.5. The first kappa shape index (κ1) is 15.8. The monoisotopic (exact) mass is 289 g/mol. The van der Waals surface area contributed by atoms with Crippen LogP contribution in [0.25, 0.3) is 0 Å². The number of nitrogens with two attached hydrogens (primary N) is 1. The van der Waals surface area contributed by atoms with Crippen molar-refractivity contribution >= 4 is 11.6 Å². The zero-order valence-electron chi connectivity index (χ0n) is 13.4. The number of carbonyl (C=O) groups excluding carboxylic acids is 1. The molecule has 1 heterocycles. The second-order valence-electron chi connectivity index (χ2n) is 6.19. The van der Waals surface area contributed by atoms with Gasteiger partial charge in [-0.05, 0) is 24.5 Å². The molecular weight excluding hydrogens is 262 g/mol. The van der Waals surface area contributed by atoms with Crippen molar-refractivity contribution in [2.24, 2.45) is 17.6 Å². The Morgan fingerprint density at radius 1 is 1.19 bits per heavy atom. The first-order valence-corrected chi connectivity index (χ1v) is 7.84. The number of rotatable bonds is 4. The number of hydrogen-bond acceptors (Lipinski definition) is 3. The summed E-state index contributed by atoms with van der Waals surface area (Å²) in [5, 5.41) is 0. The average Bonchev–Trinajstić information content (AvgIpc) is 2.48. The normalized spacial score (nSPS) is 17.2. The zero-order valence-corrected chi connectivity index (χ0v) is 13.4. The number of nitrogens with zero attached hydrogens (tertiary/aromatic N) is 2. The molecule has 1 saturated heterocycles. The van der Waals surface area contributed by atoms with Gasteiger partial charge in [0.1, 0.15) is 0 Å². The van der Waals surface area contributed by atoms with E-state index in [0.29, 0.717) is 12.5 Å². The van der Waals surface area contributed by atoms with E-state index in [-0.39, 0.29) is 11.8 Å². The van der Waals surface area contributed by atoms with Crippen molar-refractivity contribution in [3.63, 3.8) is 0 Å². The van der Waals surface area contributed by atoms with Gasteiger partial charge in [0.05, 0.1) is 5.92 Å². The third kappa shape index (κ3) is 3.56. The van der Waals surface area contributed by atoms with Crippen LogP contribution < -0.4 is 10.6 Å². The second-order valence-corrected chi connectivity index (χ2v) is 6.19. The topological polar surface area (TPSA) is 49.6 Å². The fourth-order valence-electron chi connectivity index (χ4n) is 2.98. The van der Waals surface area contributed by atoms with E-state index in [9.17, 15) is 4.79 Å². The molecule has 0 aliphatic carbocycles. The van der Waals surface area contributed by atoms with Crippen molar-refractivity contribution < 1.29 is 4.79 Å². The van der Waals surface area contributed by atoms with Crippen LogP contribution in [0.15, 0.2) is 24.3 Å². The third-order valence-electron chi connectivity index (χ3n) is 4.42. The van der Waals surface area contributed by atoms with Gasteiger partial charge >= 0.3 is 0 Å². The van der Waals surface area contributed by atoms with Gasteiger partial charge in [-0.25, -0.2) is 0 Å². The SMILES string of the molecule is Cc1ccccc1N1CCN(C(=O)C(CN)C(C)C)CC1. The van der Waals surface area contributed by atoms with E-state index in [0.717, 1.165) is 26.2 Å². The highest BCUT2D eigenvalue weighted by molar-refractivity contribution is 5.79. The van der Waals surface area contributed by atoms with E-state index in [2.05, 4.69) is 49.9 Å². The summed E-state index contributed by atoms with van der Waals surface area (Å²) >= 11 is 0. The molecule has 2 N–H and O–H groups in total. The van der Waals surface area contributed by atoms with Gasteiger partial charge in [-0.1, -0.05) is 32.0 Å². The summed E-state index contributed by atoms with van der Waals surface area (Å²) in [6.45, 7) is 10.1. The summed E-state index contributed by atoms with van der Waals surface area (Å²) in [6, 6.07) is 8.43. The molecule has 1 atom stereocenters. The van der Waals surface area contributed by atoms with Crippen molar-refractivity contribution in [2.75, 3.05) is 37.6 Å². The van der Waals surface area contributed by atoms with Crippen LogP contribution in [-0.2, 0) is 4.79 Å². The average molecular weight is 289 g/mol. The molecule has 4 heteroatoms. The first-order chi connectivity index (χ1) is 10.0. The van der Waals surface area contributed by atoms with E-state index < -0.39 is 0 Å². The molecule has 2 rings (SSSR count). The molecule has 1 unspecified atom stereocenters. The van der Waals surface area contributed by atoms with E-state index in [1.165, 1.54) is 11.3 Å². The standard InChI is InChI=1S/C17H27N3O/c1-13(2)15(12-18)17(21)20-10-8-19(9-11-20)16-7-5-4-6-14(16)3/h4-7,13,15H,8-12,18H2,1-3H3. The van der Waals surface area contributed by atoms with Gasteiger partial charge in [0.15, 0.2) is 0 Å². The Morgan fingerprint density at radius 2 is 1.81 bits per heavy atom. The lowest BCUT2D eigenvalue weighted by Crippen LogP contribution is -2.52. The summed E-state index contributed by atoms with van der Waals surface area (Å²) in [5.74, 6) is 0.476. The second kappa shape index (κ2) is 6.94. The van der Waals surface area contributed by atoms with Crippen molar-refractivity contribution in [3.8, 4) is 0 Å². The minimum Gasteiger partial charge on any atom is -0.368 e. The Bertz CT molecular complexity index is 479. The summed E-state index contributed by atoms with van der Waals surface area (Å²) in [4.78, 5) is 16.9. The van der Waals surface area contributed by atoms with E-state index in [1.54, 1.807) is 0 Å². The first-order valence-electron chi connectivity index (χ1n) is 7.84. The number of aryl methyl sites for hydroxylation is 1. The number of piperazine rings is 1. The Morgan fingerprint density at radius 3 is 2.33 bits per heavy atom. The number of amides is 1. The van der Waals surface area contributed by atoms with Gasteiger partial charge in [-0.15, -0.1) is 0 Å². The largest absolute Gasteiger partial charge is 0.368 e. The van der Waals surface area contributed by atoms with Gasteiger partial charge < -0.3 is 15.5 Å². The molecule has 1 aliphatic rings. The Kier molecular flexibility index (Phi) is 5.23. The molecule has 0 aromatic heterocycles. The Hall–Kier alpha value is -1.55. The quantitative estimate of drug-likeness (QED) is 0.920.